The van der Waals surface area contributed by atoms with Gasteiger partial charge >= 0.3 is 0 Å². The first-order chi connectivity index (χ1) is 12.5. The standard InChI is InChI=1S/C22H23NO3/c1-15-7-8-17(13-16(15)2)21-11-9-19(26-21)10-12-22(24)23-18-5-4-6-20(14-18)25-3/h4-9,11,13-14H,10,12H2,1-3H3,(H,23,24). The monoisotopic (exact) mass is 349 g/mol. The molecule has 4 heteroatoms. The third kappa shape index (κ3) is 4.33. The maximum absolute atomic E-state index is 12.2. The van der Waals surface area contributed by atoms with E-state index in [1.807, 2.05) is 30.3 Å². The third-order valence-corrected chi connectivity index (χ3v) is 4.41. The summed E-state index contributed by atoms with van der Waals surface area (Å²) in [5.41, 5.74) is 4.28. The Balaban J connectivity index is 1.59. The molecule has 1 aromatic heterocycles. The van der Waals surface area contributed by atoms with Gasteiger partial charge in [-0.15, -0.1) is 0 Å². The summed E-state index contributed by atoms with van der Waals surface area (Å²) < 4.78 is 11.1. The zero-order valence-electron chi connectivity index (χ0n) is 15.3. The molecule has 134 valence electrons. The smallest absolute Gasteiger partial charge is 0.224 e. The quantitative estimate of drug-likeness (QED) is 0.670. The molecule has 4 nitrogen and oxygen atoms in total. The van der Waals surface area contributed by atoms with Gasteiger partial charge in [0.1, 0.15) is 17.3 Å². The largest absolute Gasteiger partial charge is 0.497 e. The van der Waals surface area contributed by atoms with Gasteiger partial charge in [0.2, 0.25) is 5.91 Å². The molecule has 3 aromatic rings. The van der Waals surface area contributed by atoms with E-state index in [-0.39, 0.29) is 5.91 Å². The van der Waals surface area contributed by atoms with Crippen LogP contribution in [0.4, 0.5) is 5.69 Å². The molecule has 0 spiro atoms. The van der Waals surface area contributed by atoms with E-state index in [9.17, 15) is 4.79 Å². The van der Waals surface area contributed by atoms with Gasteiger partial charge in [-0.25, -0.2) is 0 Å². The van der Waals surface area contributed by atoms with Gasteiger partial charge in [-0.05, 0) is 55.3 Å². The number of carbonyl (C=O) groups is 1. The van der Waals surface area contributed by atoms with Crippen LogP contribution in [0.2, 0.25) is 0 Å². The highest BCUT2D eigenvalue weighted by molar-refractivity contribution is 5.91. The van der Waals surface area contributed by atoms with Crippen molar-refractivity contribution in [3.63, 3.8) is 0 Å². The fourth-order valence-electron chi connectivity index (χ4n) is 2.72. The van der Waals surface area contributed by atoms with E-state index < -0.39 is 0 Å². The second-order valence-electron chi connectivity index (χ2n) is 6.35. The predicted molar refractivity (Wildman–Crippen MR) is 104 cm³/mol. The van der Waals surface area contributed by atoms with Crippen molar-refractivity contribution < 1.29 is 13.9 Å². The summed E-state index contributed by atoms with van der Waals surface area (Å²) in [6, 6.07) is 17.5. The van der Waals surface area contributed by atoms with Crippen LogP contribution in [0, 0.1) is 13.8 Å². The third-order valence-electron chi connectivity index (χ3n) is 4.41. The minimum Gasteiger partial charge on any atom is -0.497 e. The van der Waals surface area contributed by atoms with Gasteiger partial charge in [0, 0.05) is 30.2 Å². The van der Waals surface area contributed by atoms with Crippen LogP contribution >= 0.6 is 0 Å². The van der Waals surface area contributed by atoms with Crippen LogP contribution in [0.15, 0.2) is 59.0 Å². The molecular formula is C22H23NO3. The van der Waals surface area contributed by atoms with E-state index in [4.69, 9.17) is 9.15 Å². The summed E-state index contributed by atoms with van der Waals surface area (Å²) >= 11 is 0. The Morgan fingerprint density at radius 1 is 1.04 bits per heavy atom. The average Bonchev–Trinajstić information content (AvgIpc) is 3.11. The number of carbonyl (C=O) groups excluding carboxylic acids is 1. The summed E-state index contributed by atoms with van der Waals surface area (Å²) in [6.07, 6.45) is 0.914. The van der Waals surface area contributed by atoms with Crippen LogP contribution in [-0.4, -0.2) is 13.0 Å². The highest BCUT2D eigenvalue weighted by Crippen LogP contribution is 2.25. The number of anilines is 1. The van der Waals surface area contributed by atoms with Crippen molar-refractivity contribution in [2.24, 2.45) is 0 Å². The maximum Gasteiger partial charge on any atom is 0.224 e. The zero-order valence-corrected chi connectivity index (χ0v) is 15.3. The maximum atomic E-state index is 12.2. The number of rotatable bonds is 6. The molecule has 0 unspecified atom stereocenters. The second-order valence-corrected chi connectivity index (χ2v) is 6.35. The minimum atomic E-state index is -0.0533. The Bertz CT molecular complexity index is 911. The number of nitrogens with one attached hydrogen (secondary N) is 1. The Hall–Kier alpha value is -3.01. The van der Waals surface area contributed by atoms with Crippen molar-refractivity contribution in [2.45, 2.75) is 26.7 Å². The molecule has 0 saturated carbocycles. The van der Waals surface area contributed by atoms with Crippen LogP contribution in [0.1, 0.15) is 23.3 Å². The number of amides is 1. The molecule has 2 aromatic carbocycles. The lowest BCUT2D eigenvalue weighted by Crippen LogP contribution is -2.12. The van der Waals surface area contributed by atoms with Crippen LogP contribution < -0.4 is 10.1 Å². The van der Waals surface area contributed by atoms with E-state index in [0.717, 1.165) is 22.8 Å². The van der Waals surface area contributed by atoms with E-state index >= 15 is 0 Å². The Labute approximate surface area is 153 Å². The van der Waals surface area contributed by atoms with Crippen molar-refractivity contribution in [1.29, 1.82) is 0 Å². The van der Waals surface area contributed by atoms with Crippen LogP contribution in [-0.2, 0) is 11.2 Å². The van der Waals surface area contributed by atoms with Gasteiger partial charge in [-0.3, -0.25) is 4.79 Å². The lowest BCUT2D eigenvalue weighted by molar-refractivity contribution is -0.116. The fourth-order valence-corrected chi connectivity index (χ4v) is 2.72. The number of benzene rings is 2. The fraction of sp³-hybridized carbons (Fsp3) is 0.227. The molecule has 3 rings (SSSR count). The molecule has 26 heavy (non-hydrogen) atoms. The van der Waals surface area contributed by atoms with Crippen LogP contribution in [0.25, 0.3) is 11.3 Å². The summed E-state index contributed by atoms with van der Waals surface area (Å²) in [4.78, 5) is 12.2. The number of methoxy groups -OCH3 is 1. The molecule has 0 aliphatic heterocycles. The number of aryl methyl sites for hydroxylation is 3. The average molecular weight is 349 g/mol. The van der Waals surface area contributed by atoms with Gasteiger partial charge in [0.25, 0.3) is 0 Å². The number of hydrogen-bond acceptors (Lipinski definition) is 3. The van der Waals surface area contributed by atoms with Gasteiger partial charge in [0.05, 0.1) is 7.11 Å². The van der Waals surface area contributed by atoms with Crippen molar-refractivity contribution in [3.8, 4) is 17.1 Å². The number of hydrogen-bond donors (Lipinski definition) is 1. The van der Waals surface area contributed by atoms with Gasteiger partial charge < -0.3 is 14.5 Å². The molecule has 1 N–H and O–H groups in total. The molecule has 0 fully saturated rings. The Morgan fingerprint density at radius 2 is 1.88 bits per heavy atom. The van der Waals surface area contributed by atoms with Crippen LogP contribution in [0.5, 0.6) is 5.75 Å². The van der Waals surface area contributed by atoms with E-state index in [1.54, 1.807) is 13.2 Å². The van der Waals surface area contributed by atoms with Crippen LogP contribution in [0.3, 0.4) is 0 Å². The minimum absolute atomic E-state index is 0.0533. The zero-order chi connectivity index (χ0) is 18.5. The summed E-state index contributed by atoms with van der Waals surface area (Å²) in [5.74, 6) is 2.30. The van der Waals surface area contributed by atoms with Crippen molar-refractivity contribution in [3.05, 3.63) is 71.5 Å². The molecular weight excluding hydrogens is 326 g/mol. The summed E-state index contributed by atoms with van der Waals surface area (Å²) in [6.45, 7) is 4.18. The molecule has 0 aliphatic rings. The first-order valence-corrected chi connectivity index (χ1v) is 8.65. The predicted octanol–water partition coefficient (Wildman–Crippen LogP) is 5.14. The molecule has 0 bridgehead atoms. The second kappa shape index (κ2) is 7.91. The summed E-state index contributed by atoms with van der Waals surface area (Å²) in [7, 11) is 1.60. The van der Waals surface area contributed by atoms with Gasteiger partial charge in [-0.2, -0.15) is 0 Å². The summed E-state index contributed by atoms with van der Waals surface area (Å²) in [5, 5.41) is 2.88. The number of ether oxygens (including phenoxy) is 1. The lowest BCUT2D eigenvalue weighted by Gasteiger charge is -2.06. The Kier molecular flexibility index (Phi) is 5.42. The van der Waals surface area contributed by atoms with Crippen molar-refractivity contribution in [2.75, 3.05) is 12.4 Å². The highest BCUT2D eigenvalue weighted by Gasteiger charge is 2.09. The molecule has 0 atom stereocenters. The highest BCUT2D eigenvalue weighted by atomic mass is 16.5. The molecule has 0 aliphatic carbocycles. The topological polar surface area (TPSA) is 51.5 Å². The van der Waals surface area contributed by atoms with E-state index in [1.165, 1.54) is 11.1 Å². The normalized spacial score (nSPS) is 10.6. The number of furan rings is 1. The van der Waals surface area contributed by atoms with E-state index in [0.29, 0.717) is 18.6 Å². The molecule has 0 saturated heterocycles. The van der Waals surface area contributed by atoms with Gasteiger partial charge in [-0.1, -0.05) is 18.2 Å². The first kappa shape index (κ1) is 17.8. The molecule has 1 heterocycles. The first-order valence-electron chi connectivity index (χ1n) is 8.65. The SMILES string of the molecule is COc1cccc(NC(=O)CCc2ccc(-c3ccc(C)c(C)c3)o2)c1. The van der Waals surface area contributed by atoms with Crippen molar-refractivity contribution in [1.82, 2.24) is 0 Å². The Morgan fingerprint density at radius 3 is 2.65 bits per heavy atom. The molecule has 0 radical (unpaired) electrons. The van der Waals surface area contributed by atoms with Crippen molar-refractivity contribution >= 4 is 11.6 Å². The molecule has 1 amide bonds. The van der Waals surface area contributed by atoms with Gasteiger partial charge in [0.15, 0.2) is 0 Å². The lowest BCUT2D eigenvalue weighted by atomic mass is 10.1. The van der Waals surface area contributed by atoms with E-state index in [2.05, 4.69) is 37.4 Å².